The lowest BCUT2D eigenvalue weighted by Gasteiger charge is -2.33. The monoisotopic (exact) mass is 334 g/mol. The molecule has 1 N–H and O–H groups in total. The minimum absolute atomic E-state index is 0.0140. The highest BCUT2D eigenvalue weighted by molar-refractivity contribution is 5.79. The smallest absolute Gasteiger partial charge is 0.226 e. The Morgan fingerprint density at radius 1 is 1.25 bits per heavy atom. The number of rotatable bonds is 4. The summed E-state index contributed by atoms with van der Waals surface area (Å²) in [5.41, 5.74) is 0.673. The van der Waals surface area contributed by atoms with Crippen molar-refractivity contribution in [1.29, 1.82) is 0 Å². The van der Waals surface area contributed by atoms with Crippen molar-refractivity contribution in [3.05, 3.63) is 35.6 Å². The Bertz CT molecular complexity index is 587. The topological polar surface area (TPSA) is 49.4 Å². The molecule has 1 aliphatic rings. The van der Waals surface area contributed by atoms with E-state index in [0.717, 1.165) is 12.8 Å². The lowest BCUT2D eigenvalue weighted by Crippen LogP contribution is -2.47. The molecular formula is C19H27FN2O2. The van der Waals surface area contributed by atoms with Crippen LogP contribution in [0.3, 0.4) is 0 Å². The van der Waals surface area contributed by atoms with Crippen LogP contribution in [0.5, 0.6) is 0 Å². The van der Waals surface area contributed by atoms with E-state index in [9.17, 15) is 14.0 Å². The van der Waals surface area contributed by atoms with Gasteiger partial charge in [0.2, 0.25) is 11.8 Å². The largest absolute Gasteiger partial charge is 0.353 e. The number of nitrogens with zero attached hydrogens (tertiary/aromatic N) is 1. The van der Waals surface area contributed by atoms with Crippen LogP contribution in [0, 0.1) is 11.2 Å². The molecule has 1 aromatic carbocycles. The fourth-order valence-corrected chi connectivity index (χ4v) is 2.97. The highest BCUT2D eigenvalue weighted by Gasteiger charge is 2.25. The zero-order valence-corrected chi connectivity index (χ0v) is 14.8. The van der Waals surface area contributed by atoms with Crippen LogP contribution in [0.25, 0.3) is 0 Å². The van der Waals surface area contributed by atoms with Crippen molar-refractivity contribution in [1.82, 2.24) is 10.2 Å². The molecule has 0 atom stereocenters. The second kappa shape index (κ2) is 7.77. The van der Waals surface area contributed by atoms with E-state index >= 15 is 0 Å². The average Bonchev–Trinajstić information content (AvgIpc) is 2.45. The predicted octanol–water partition coefficient (Wildman–Crippen LogP) is 2.91. The molecule has 0 unspecified atom stereocenters. The molecule has 2 rings (SSSR count). The second-order valence-corrected chi connectivity index (χ2v) is 7.77. The first-order valence-electron chi connectivity index (χ1n) is 8.54. The summed E-state index contributed by atoms with van der Waals surface area (Å²) in [7, 11) is 0. The number of benzene rings is 1. The summed E-state index contributed by atoms with van der Waals surface area (Å²) < 4.78 is 13.2. The van der Waals surface area contributed by atoms with Gasteiger partial charge in [-0.05, 0) is 36.0 Å². The highest BCUT2D eigenvalue weighted by Crippen LogP contribution is 2.19. The summed E-state index contributed by atoms with van der Waals surface area (Å²) in [5, 5.41) is 3.07. The normalized spacial score (nSPS) is 16.1. The molecule has 0 spiro atoms. The molecule has 5 heteroatoms. The van der Waals surface area contributed by atoms with Gasteiger partial charge in [-0.15, -0.1) is 0 Å². The molecule has 1 fully saturated rings. The SMILES string of the molecule is CC(C)(C)CC(=O)NC1CCN(C(=O)Cc2cccc(F)c2)CC1. The molecule has 24 heavy (non-hydrogen) atoms. The summed E-state index contributed by atoms with van der Waals surface area (Å²) >= 11 is 0. The summed E-state index contributed by atoms with van der Waals surface area (Å²) in [5.74, 6) is -0.229. The van der Waals surface area contributed by atoms with Gasteiger partial charge < -0.3 is 10.2 Å². The van der Waals surface area contributed by atoms with Gasteiger partial charge in [0, 0.05) is 25.6 Å². The van der Waals surface area contributed by atoms with Crippen molar-refractivity contribution >= 4 is 11.8 Å². The first-order valence-corrected chi connectivity index (χ1v) is 8.54. The zero-order chi connectivity index (χ0) is 17.7. The molecule has 0 aliphatic carbocycles. The van der Waals surface area contributed by atoms with Crippen LogP contribution >= 0.6 is 0 Å². The first-order chi connectivity index (χ1) is 11.2. The van der Waals surface area contributed by atoms with E-state index in [4.69, 9.17) is 0 Å². The van der Waals surface area contributed by atoms with Gasteiger partial charge in [-0.25, -0.2) is 4.39 Å². The van der Waals surface area contributed by atoms with Crippen LogP contribution in [0.15, 0.2) is 24.3 Å². The minimum atomic E-state index is -0.319. The Morgan fingerprint density at radius 2 is 1.92 bits per heavy atom. The number of likely N-dealkylation sites (tertiary alicyclic amines) is 1. The number of nitrogens with one attached hydrogen (secondary N) is 1. The lowest BCUT2D eigenvalue weighted by atomic mass is 9.91. The highest BCUT2D eigenvalue weighted by atomic mass is 19.1. The molecule has 0 radical (unpaired) electrons. The number of piperidine rings is 1. The van der Waals surface area contributed by atoms with E-state index in [1.807, 2.05) is 20.8 Å². The van der Waals surface area contributed by atoms with Crippen molar-refractivity contribution < 1.29 is 14.0 Å². The van der Waals surface area contributed by atoms with E-state index in [1.165, 1.54) is 12.1 Å². The molecule has 1 aliphatic heterocycles. The molecule has 0 aromatic heterocycles. The van der Waals surface area contributed by atoms with E-state index in [-0.39, 0.29) is 35.5 Å². The van der Waals surface area contributed by atoms with Crippen LogP contribution in [-0.4, -0.2) is 35.8 Å². The second-order valence-electron chi connectivity index (χ2n) is 7.77. The predicted molar refractivity (Wildman–Crippen MR) is 91.9 cm³/mol. The summed E-state index contributed by atoms with van der Waals surface area (Å²) in [6, 6.07) is 6.30. The van der Waals surface area contributed by atoms with Gasteiger partial charge >= 0.3 is 0 Å². The summed E-state index contributed by atoms with van der Waals surface area (Å²) in [6.07, 6.45) is 2.26. The van der Waals surface area contributed by atoms with Crippen LogP contribution in [0.1, 0.15) is 45.6 Å². The van der Waals surface area contributed by atoms with Crippen LogP contribution in [0.2, 0.25) is 0 Å². The molecule has 2 amide bonds. The number of carbonyl (C=O) groups excluding carboxylic acids is 2. The van der Waals surface area contributed by atoms with Crippen molar-refractivity contribution in [2.75, 3.05) is 13.1 Å². The van der Waals surface area contributed by atoms with E-state index in [1.54, 1.807) is 17.0 Å². The number of hydrogen-bond donors (Lipinski definition) is 1. The van der Waals surface area contributed by atoms with Crippen LogP contribution < -0.4 is 5.32 Å². The van der Waals surface area contributed by atoms with E-state index in [2.05, 4.69) is 5.32 Å². The molecule has 0 saturated carbocycles. The maximum absolute atomic E-state index is 13.2. The maximum atomic E-state index is 13.2. The number of halogens is 1. The van der Waals surface area contributed by atoms with Crippen LogP contribution in [-0.2, 0) is 16.0 Å². The molecule has 1 saturated heterocycles. The Balaban J connectivity index is 1.78. The number of hydrogen-bond acceptors (Lipinski definition) is 2. The van der Waals surface area contributed by atoms with Gasteiger partial charge in [0.05, 0.1) is 6.42 Å². The number of amides is 2. The average molecular weight is 334 g/mol. The quantitative estimate of drug-likeness (QED) is 0.920. The first kappa shape index (κ1) is 18.4. The molecule has 132 valence electrons. The van der Waals surface area contributed by atoms with Crippen molar-refractivity contribution in [2.24, 2.45) is 5.41 Å². The third kappa shape index (κ3) is 5.95. The van der Waals surface area contributed by atoms with Crippen molar-refractivity contribution in [2.45, 2.75) is 52.5 Å². The Labute approximate surface area is 143 Å². The van der Waals surface area contributed by atoms with Gasteiger partial charge in [0.1, 0.15) is 5.82 Å². The Hall–Kier alpha value is -1.91. The molecule has 1 heterocycles. The minimum Gasteiger partial charge on any atom is -0.353 e. The van der Waals surface area contributed by atoms with Crippen LogP contribution in [0.4, 0.5) is 4.39 Å². The van der Waals surface area contributed by atoms with Crippen molar-refractivity contribution in [3.8, 4) is 0 Å². The third-order valence-corrected chi connectivity index (χ3v) is 4.15. The van der Waals surface area contributed by atoms with Gasteiger partial charge in [-0.2, -0.15) is 0 Å². The van der Waals surface area contributed by atoms with E-state index < -0.39 is 0 Å². The lowest BCUT2D eigenvalue weighted by molar-refractivity contribution is -0.131. The fraction of sp³-hybridized carbons (Fsp3) is 0.579. The van der Waals surface area contributed by atoms with Gasteiger partial charge in [0.15, 0.2) is 0 Å². The summed E-state index contributed by atoms with van der Waals surface area (Å²) in [4.78, 5) is 26.1. The van der Waals surface area contributed by atoms with E-state index in [0.29, 0.717) is 25.1 Å². The maximum Gasteiger partial charge on any atom is 0.226 e. The third-order valence-electron chi connectivity index (χ3n) is 4.15. The van der Waals surface area contributed by atoms with Gasteiger partial charge in [-0.3, -0.25) is 9.59 Å². The molecule has 4 nitrogen and oxygen atoms in total. The van der Waals surface area contributed by atoms with Crippen molar-refractivity contribution in [3.63, 3.8) is 0 Å². The number of carbonyl (C=O) groups is 2. The Morgan fingerprint density at radius 3 is 2.50 bits per heavy atom. The fourth-order valence-electron chi connectivity index (χ4n) is 2.97. The zero-order valence-electron chi connectivity index (χ0n) is 14.8. The molecule has 1 aromatic rings. The standard InChI is InChI=1S/C19H27FN2O2/c1-19(2,3)13-17(23)21-16-7-9-22(10-8-16)18(24)12-14-5-4-6-15(20)11-14/h4-6,11,16H,7-10,12-13H2,1-3H3,(H,21,23). The Kier molecular flexibility index (Phi) is 5.97. The van der Waals surface area contributed by atoms with Gasteiger partial charge in [-0.1, -0.05) is 32.9 Å². The molecule has 0 bridgehead atoms. The summed E-state index contributed by atoms with van der Waals surface area (Å²) in [6.45, 7) is 7.39. The van der Waals surface area contributed by atoms with Gasteiger partial charge in [0.25, 0.3) is 0 Å². The molecular weight excluding hydrogens is 307 g/mol.